The van der Waals surface area contributed by atoms with E-state index in [9.17, 15) is 0 Å². The van der Waals surface area contributed by atoms with Gasteiger partial charge in [0.1, 0.15) is 5.15 Å². The average molecular weight is 259 g/mol. The summed E-state index contributed by atoms with van der Waals surface area (Å²) in [5, 5.41) is 1.17. The van der Waals surface area contributed by atoms with E-state index in [2.05, 4.69) is 23.7 Å². The largest absolute Gasteiger partial charge is 0.298 e. The lowest BCUT2D eigenvalue weighted by atomic mass is 10.0. The Morgan fingerprint density at radius 3 is 2.50 bits per heavy atom. The molecule has 2 unspecified atom stereocenters. The van der Waals surface area contributed by atoms with E-state index < -0.39 is 0 Å². The molecule has 2 nitrogen and oxygen atoms in total. The minimum atomic E-state index is 0.455. The Morgan fingerprint density at radius 1 is 1.31 bits per heavy atom. The average Bonchev–Trinajstić information content (AvgIpc) is 2.51. The first-order chi connectivity index (χ1) is 7.56. The minimum absolute atomic E-state index is 0.455. The molecule has 0 saturated carbocycles. The lowest BCUT2D eigenvalue weighted by Crippen LogP contribution is -2.20. The van der Waals surface area contributed by atoms with E-state index in [0.29, 0.717) is 10.2 Å². The summed E-state index contributed by atoms with van der Waals surface area (Å²) in [6.45, 7) is 7.75. The van der Waals surface area contributed by atoms with Crippen LogP contribution in [0, 0.1) is 11.8 Å². The van der Waals surface area contributed by atoms with Crippen LogP contribution in [0.2, 0.25) is 10.2 Å². The molecule has 0 spiro atoms. The highest BCUT2D eigenvalue weighted by molar-refractivity contribution is 6.34. The standard InChI is InChI=1S/C12H16Cl2N2/c1-8-5-16(6-9(8)2)7-10-4-15-12(14)3-11(10)13/h3-4,8-9H,5-7H2,1-2H3. The van der Waals surface area contributed by atoms with E-state index >= 15 is 0 Å². The number of pyridine rings is 1. The smallest absolute Gasteiger partial charge is 0.130 e. The van der Waals surface area contributed by atoms with Gasteiger partial charge in [0.05, 0.1) is 0 Å². The van der Waals surface area contributed by atoms with Crippen molar-refractivity contribution in [2.45, 2.75) is 20.4 Å². The lowest BCUT2D eigenvalue weighted by Gasteiger charge is -2.16. The van der Waals surface area contributed by atoms with Crippen LogP contribution in [0.3, 0.4) is 0 Å². The fourth-order valence-electron chi connectivity index (χ4n) is 2.17. The Hall–Kier alpha value is -0.310. The molecule has 0 aliphatic carbocycles. The van der Waals surface area contributed by atoms with Gasteiger partial charge in [-0.2, -0.15) is 0 Å². The van der Waals surface area contributed by atoms with E-state index in [4.69, 9.17) is 23.2 Å². The Kier molecular flexibility index (Phi) is 3.73. The predicted molar refractivity (Wildman–Crippen MR) is 67.9 cm³/mol. The number of halogens is 2. The lowest BCUT2D eigenvalue weighted by molar-refractivity contribution is 0.316. The maximum Gasteiger partial charge on any atom is 0.130 e. The maximum absolute atomic E-state index is 6.13. The highest BCUT2D eigenvalue weighted by Gasteiger charge is 2.26. The molecule has 0 aromatic carbocycles. The third-order valence-electron chi connectivity index (χ3n) is 3.35. The normalized spacial score (nSPS) is 26.2. The number of likely N-dealkylation sites (tertiary alicyclic amines) is 1. The molecule has 4 heteroatoms. The summed E-state index contributed by atoms with van der Waals surface area (Å²) in [7, 11) is 0. The Balaban J connectivity index is 2.05. The van der Waals surface area contributed by atoms with E-state index in [1.807, 2.05) is 0 Å². The van der Waals surface area contributed by atoms with Crippen LogP contribution in [0.5, 0.6) is 0 Å². The van der Waals surface area contributed by atoms with Crippen LogP contribution < -0.4 is 0 Å². The van der Waals surface area contributed by atoms with Crippen molar-refractivity contribution in [1.29, 1.82) is 0 Å². The summed E-state index contributed by atoms with van der Waals surface area (Å²) in [6, 6.07) is 1.71. The third-order valence-corrected chi connectivity index (χ3v) is 3.91. The summed E-state index contributed by atoms with van der Waals surface area (Å²) in [4.78, 5) is 6.50. The van der Waals surface area contributed by atoms with Crippen molar-refractivity contribution in [3.8, 4) is 0 Å². The first-order valence-electron chi connectivity index (χ1n) is 5.58. The van der Waals surface area contributed by atoms with Gasteiger partial charge < -0.3 is 0 Å². The van der Waals surface area contributed by atoms with Gasteiger partial charge in [0.15, 0.2) is 0 Å². The Labute approximate surface area is 107 Å². The zero-order valence-corrected chi connectivity index (χ0v) is 11.1. The third kappa shape index (κ3) is 2.68. The van der Waals surface area contributed by atoms with Gasteiger partial charge in [-0.15, -0.1) is 0 Å². The minimum Gasteiger partial charge on any atom is -0.298 e. The molecule has 2 heterocycles. The van der Waals surface area contributed by atoms with Gasteiger partial charge in [0.2, 0.25) is 0 Å². The zero-order chi connectivity index (χ0) is 11.7. The van der Waals surface area contributed by atoms with Crippen LogP contribution in [0.25, 0.3) is 0 Å². The summed E-state index contributed by atoms with van der Waals surface area (Å²) in [5.74, 6) is 1.53. The first kappa shape index (κ1) is 12.2. The second-order valence-corrected chi connectivity index (χ2v) is 5.54. The van der Waals surface area contributed by atoms with Gasteiger partial charge >= 0.3 is 0 Å². The van der Waals surface area contributed by atoms with Crippen molar-refractivity contribution >= 4 is 23.2 Å². The van der Waals surface area contributed by atoms with Gasteiger partial charge in [0.25, 0.3) is 0 Å². The number of nitrogens with zero attached hydrogens (tertiary/aromatic N) is 2. The second-order valence-electron chi connectivity index (χ2n) is 4.75. The predicted octanol–water partition coefficient (Wildman–Crippen LogP) is 3.48. The van der Waals surface area contributed by atoms with E-state index in [0.717, 1.165) is 37.0 Å². The summed E-state index contributed by atoms with van der Waals surface area (Å²) in [6.07, 6.45) is 1.78. The monoisotopic (exact) mass is 258 g/mol. The molecule has 2 atom stereocenters. The Morgan fingerprint density at radius 2 is 1.94 bits per heavy atom. The van der Waals surface area contributed by atoms with E-state index in [-0.39, 0.29) is 0 Å². The molecular weight excluding hydrogens is 243 g/mol. The van der Waals surface area contributed by atoms with Crippen molar-refractivity contribution in [3.63, 3.8) is 0 Å². The van der Waals surface area contributed by atoms with Crippen LogP contribution in [0.4, 0.5) is 0 Å². The van der Waals surface area contributed by atoms with Gasteiger partial charge in [0, 0.05) is 36.4 Å². The van der Waals surface area contributed by atoms with Crippen LogP contribution in [0.1, 0.15) is 19.4 Å². The number of rotatable bonds is 2. The molecule has 0 N–H and O–H groups in total. The number of hydrogen-bond acceptors (Lipinski definition) is 2. The van der Waals surface area contributed by atoms with E-state index in [1.165, 1.54) is 0 Å². The van der Waals surface area contributed by atoms with Crippen LogP contribution in [-0.4, -0.2) is 23.0 Å². The number of hydrogen-bond donors (Lipinski definition) is 0. The first-order valence-corrected chi connectivity index (χ1v) is 6.34. The summed E-state index contributed by atoms with van der Waals surface area (Å²) >= 11 is 11.9. The quantitative estimate of drug-likeness (QED) is 0.756. The second kappa shape index (κ2) is 4.91. The molecule has 2 rings (SSSR count). The topological polar surface area (TPSA) is 16.1 Å². The van der Waals surface area contributed by atoms with Crippen LogP contribution >= 0.6 is 23.2 Å². The van der Waals surface area contributed by atoms with Gasteiger partial charge in [-0.25, -0.2) is 4.98 Å². The molecule has 0 bridgehead atoms. The van der Waals surface area contributed by atoms with Crippen LogP contribution in [-0.2, 0) is 6.54 Å². The molecule has 1 fully saturated rings. The zero-order valence-electron chi connectivity index (χ0n) is 9.58. The van der Waals surface area contributed by atoms with Gasteiger partial charge in [-0.1, -0.05) is 37.0 Å². The maximum atomic E-state index is 6.13. The van der Waals surface area contributed by atoms with E-state index in [1.54, 1.807) is 12.3 Å². The molecule has 0 radical (unpaired) electrons. The molecule has 1 aromatic rings. The Bertz CT molecular complexity index is 371. The van der Waals surface area contributed by atoms with Crippen molar-refractivity contribution in [3.05, 3.63) is 28.0 Å². The molecule has 1 aliphatic rings. The van der Waals surface area contributed by atoms with Crippen LogP contribution in [0.15, 0.2) is 12.3 Å². The van der Waals surface area contributed by atoms with Gasteiger partial charge in [-0.3, -0.25) is 4.90 Å². The summed E-state index contributed by atoms with van der Waals surface area (Å²) in [5.41, 5.74) is 1.06. The highest BCUT2D eigenvalue weighted by atomic mass is 35.5. The fraction of sp³-hybridized carbons (Fsp3) is 0.583. The molecule has 16 heavy (non-hydrogen) atoms. The molecule has 1 aromatic heterocycles. The van der Waals surface area contributed by atoms with Crippen molar-refractivity contribution in [2.75, 3.05) is 13.1 Å². The van der Waals surface area contributed by atoms with Crippen molar-refractivity contribution in [2.24, 2.45) is 11.8 Å². The summed E-state index contributed by atoms with van der Waals surface area (Å²) < 4.78 is 0. The molecule has 1 aliphatic heterocycles. The molecule has 0 amide bonds. The van der Waals surface area contributed by atoms with Crippen molar-refractivity contribution in [1.82, 2.24) is 9.88 Å². The van der Waals surface area contributed by atoms with Crippen molar-refractivity contribution < 1.29 is 0 Å². The highest BCUT2D eigenvalue weighted by Crippen LogP contribution is 2.26. The van der Waals surface area contributed by atoms with Gasteiger partial charge in [-0.05, 0) is 17.9 Å². The SMILES string of the molecule is CC1CN(Cc2cnc(Cl)cc2Cl)CC1C. The molecular formula is C12H16Cl2N2. The molecule has 88 valence electrons. The molecule has 1 saturated heterocycles. The number of aromatic nitrogens is 1. The fourth-order valence-corrected chi connectivity index (χ4v) is 2.60.